The highest BCUT2D eigenvalue weighted by Gasteiger charge is 2.29. The average molecular weight is 356 g/mol. The van der Waals surface area contributed by atoms with E-state index in [1.807, 2.05) is 12.1 Å². The van der Waals surface area contributed by atoms with Crippen LogP contribution in [0.15, 0.2) is 48.5 Å². The van der Waals surface area contributed by atoms with Crippen LogP contribution in [0.25, 0.3) is 0 Å². The summed E-state index contributed by atoms with van der Waals surface area (Å²) in [7, 11) is 0. The van der Waals surface area contributed by atoms with Gasteiger partial charge in [0.05, 0.1) is 0 Å². The molecule has 0 unspecified atom stereocenters. The highest BCUT2D eigenvalue weighted by Crippen LogP contribution is 2.20. The number of phenols is 1. The average Bonchev–Trinajstić information content (AvgIpc) is 2.60. The topological polar surface area (TPSA) is 83.8 Å². The van der Waals surface area contributed by atoms with Crippen LogP contribution in [-0.2, 0) is 11.2 Å². The van der Waals surface area contributed by atoms with E-state index in [1.165, 1.54) is 26.0 Å². The second-order valence-electron chi connectivity index (χ2n) is 6.74. The molecule has 0 heterocycles. The van der Waals surface area contributed by atoms with Gasteiger partial charge in [0.25, 0.3) is 0 Å². The number of aliphatic carboxylic acids is 1. The van der Waals surface area contributed by atoms with Gasteiger partial charge in [-0.3, -0.25) is 4.79 Å². The molecule has 0 radical (unpaired) electrons. The fraction of sp³-hybridized carbons (Fsp3) is 0.333. The fourth-order valence-corrected chi connectivity index (χ4v) is 2.47. The first-order valence-corrected chi connectivity index (χ1v) is 8.61. The molecule has 0 fully saturated rings. The Morgan fingerprint density at radius 2 is 1.58 bits per heavy atom. The Morgan fingerprint density at radius 1 is 0.962 bits per heavy atom. The number of carboxylic acids is 1. The molecule has 0 bridgehead atoms. The number of carboxylic acid groups (broad SMARTS) is 1. The molecule has 0 aromatic heterocycles. The third-order valence-electron chi connectivity index (χ3n) is 4.12. The predicted molar refractivity (Wildman–Crippen MR) is 98.8 cm³/mol. The van der Waals surface area contributed by atoms with Gasteiger partial charge in [0.1, 0.15) is 11.5 Å². The first-order chi connectivity index (χ1) is 12.3. The molecule has 0 saturated carbocycles. The lowest BCUT2D eigenvalue weighted by molar-refractivity contribution is -0.152. The first kappa shape index (κ1) is 19.5. The number of benzene rings is 2. The van der Waals surface area contributed by atoms with Crippen molar-refractivity contribution in [2.75, 3.05) is 0 Å². The van der Waals surface area contributed by atoms with Crippen molar-refractivity contribution in [3.63, 3.8) is 0 Å². The quantitative estimate of drug-likeness (QED) is 0.519. The molecule has 0 saturated heterocycles. The molecule has 5 nitrogen and oxygen atoms in total. The van der Waals surface area contributed by atoms with Crippen LogP contribution in [0, 0.1) is 0 Å². The SMILES string of the molecule is CC(C)(Oc1ccc(CCCCC(=O)c2ccc(O)cc2)cc1)C(=O)O. The van der Waals surface area contributed by atoms with E-state index in [2.05, 4.69) is 0 Å². The summed E-state index contributed by atoms with van der Waals surface area (Å²) in [5.41, 5.74) is 0.462. The monoisotopic (exact) mass is 356 g/mol. The van der Waals surface area contributed by atoms with Crippen molar-refractivity contribution in [2.24, 2.45) is 0 Å². The molecule has 0 aliphatic heterocycles. The van der Waals surface area contributed by atoms with Crippen LogP contribution in [0.3, 0.4) is 0 Å². The smallest absolute Gasteiger partial charge is 0.347 e. The molecule has 2 aromatic rings. The number of carbonyl (C=O) groups is 2. The van der Waals surface area contributed by atoms with Gasteiger partial charge in [0, 0.05) is 12.0 Å². The van der Waals surface area contributed by atoms with Crippen LogP contribution in [0.4, 0.5) is 0 Å². The molecule has 2 aromatic carbocycles. The summed E-state index contributed by atoms with van der Waals surface area (Å²) in [6.45, 7) is 3.02. The van der Waals surface area contributed by atoms with Crippen molar-refractivity contribution in [1.29, 1.82) is 0 Å². The van der Waals surface area contributed by atoms with Gasteiger partial charge in [-0.15, -0.1) is 0 Å². The minimum Gasteiger partial charge on any atom is -0.508 e. The molecule has 0 amide bonds. The number of hydrogen-bond donors (Lipinski definition) is 2. The van der Waals surface area contributed by atoms with E-state index in [0.29, 0.717) is 17.7 Å². The lowest BCUT2D eigenvalue weighted by Gasteiger charge is -2.21. The predicted octanol–water partition coefficient (Wildman–Crippen LogP) is 4.23. The molecule has 2 N–H and O–H groups in total. The van der Waals surface area contributed by atoms with Crippen LogP contribution in [-0.4, -0.2) is 27.6 Å². The van der Waals surface area contributed by atoms with Gasteiger partial charge in [0.2, 0.25) is 0 Å². The standard InChI is InChI=1S/C21H24O5/c1-21(2,20(24)25)26-18-13-7-15(8-14-18)5-3-4-6-19(23)16-9-11-17(22)12-10-16/h7-14,22H,3-6H2,1-2H3,(H,24,25). The summed E-state index contributed by atoms with van der Waals surface area (Å²) in [5.74, 6) is -0.270. The fourth-order valence-electron chi connectivity index (χ4n) is 2.47. The maximum Gasteiger partial charge on any atom is 0.347 e. The van der Waals surface area contributed by atoms with Gasteiger partial charge in [-0.25, -0.2) is 4.79 Å². The Bertz CT molecular complexity index is 745. The van der Waals surface area contributed by atoms with E-state index < -0.39 is 11.6 Å². The third kappa shape index (κ3) is 5.62. The molecular formula is C21H24O5. The normalized spacial score (nSPS) is 11.2. The second kappa shape index (κ2) is 8.52. The van der Waals surface area contributed by atoms with Crippen LogP contribution in [0.5, 0.6) is 11.5 Å². The van der Waals surface area contributed by atoms with Gasteiger partial charge in [-0.1, -0.05) is 12.1 Å². The second-order valence-corrected chi connectivity index (χ2v) is 6.74. The van der Waals surface area contributed by atoms with Gasteiger partial charge in [-0.2, -0.15) is 0 Å². The highest BCUT2D eigenvalue weighted by molar-refractivity contribution is 5.96. The number of aromatic hydroxyl groups is 1. The number of ether oxygens (including phenoxy) is 1. The number of hydrogen-bond acceptors (Lipinski definition) is 4. The molecule has 2 rings (SSSR count). The zero-order chi connectivity index (χ0) is 19.2. The molecule has 26 heavy (non-hydrogen) atoms. The van der Waals surface area contributed by atoms with Crippen LogP contribution in [0.1, 0.15) is 49.0 Å². The summed E-state index contributed by atoms with van der Waals surface area (Å²) in [4.78, 5) is 23.1. The van der Waals surface area contributed by atoms with Gasteiger partial charge in [0.15, 0.2) is 11.4 Å². The van der Waals surface area contributed by atoms with Crippen LogP contribution >= 0.6 is 0 Å². The van der Waals surface area contributed by atoms with E-state index in [0.717, 1.165) is 24.8 Å². The van der Waals surface area contributed by atoms with Crippen molar-refractivity contribution in [1.82, 2.24) is 0 Å². The lowest BCUT2D eigenvalue weighted by atomic mass is 10.0. The van der Waals surface area contributed by atoms with Crippen molar-refractivity contribution < 1.29 is 24.5 Å². The summed E-state index contributed by atoms with van der Waals surface area (Å²) in [5, 5.41) is 18.3. The summed E-state index contributed by atoms with van der Waals surface area (Å²) in [6.07, 6.45) is 2.97. The zero-order valence-electron chi connectivity index (χ0n) is 15.1. The lowest BCUT2D eigenvalue weighted by Crippen LogP contribution is -2.37. The van der Waals surface area contributed by atoms with E-state index >= 15 is 0 Å². The van der Waals surface area contributed by atoms with Crippen molar-refractivity contribution in [2.45, 2.75) is 45.1 Å². The summed E-state index contributed by atoms with van der Waals surface area (Å²) >= 11 is 0. The number of ketones is 1. The Morgan fingerprint density at radius 3 is 2.15 bits per heavy atom. The van der Waals surface area contributed by atoms with E-state index in [4.69, 9.17) is 9.84 Å². The largest absolute Gasteiger partial charge is 0.508 e. The van der Waals surface area contributed by atoms with Gasteiger partial charge >= 0.3 is 5.97 Å². The maximum absolute atomic E-state index is 12.1. The molecule has 0 aliphatic carbocycles. The first-order valence-electron chi connectivity index (χ1n) is 8.61. The number of Topliss-reactive ketones (excluding diaryl/α,β-unsaturated/α-hetero) is 1. The Labute approximate surface area is 153 Å². The molecular weight excluding hydrogens is 332 g/mol. The van der Waals surface area contributed by atoms with Gasteiger partial charge < -0.3 is 14.9 Å². The van der Waals surface area contributed by atoms with Crippen molar-refractivity contribution in [3.8, 4) is 11.5 Å². The molecule has 0 atom stereocenters. The van der Waals surface area contributed by atoms with Crippen molar-refractivity contribution >= 4 is 11.8 Å². The van der Waals surface area contributed by atoms with Crippen LogP contribution < -0.4 is 4.74 Å². The highest BCUT2D eigenvalue weighted by atomic mass is 16.5. The number of phenolic OH excluding ortho intramolecular Hbond substituents is 1. The zero-order valence-corrected chi connectivity index (χ0v) is 15.1. The van der Waals surface area contributed by atoms with Crippen molar-refractivity contribution in [3.05, 3.63) is 59.7 Å². The number of carbonyl (C=O) groups excluding carboxylic acids is 1. The minimum atomic E-state index is -1.27. The number of aryl methyl sites for hydroxylation is 1. The van der Waals surface area contributed by atoms with E-state index in [1.54, 1.807) is 24.3 Å². The van der Waals surface area contributed by atoms with E-state index in [9.17, 15) is 14.7 Å². The third-order valence-corrected chi connectivity index (χ3v) is 4.12. The maximum atomic E-state index is 12.1. The Kier molecular flexibility index (Phi) is 6.39. The Balaban J connectivity index is 1.77. The van der Waals surface area contributed by atoms with Gasteiger partial charge in [-0.05, 0) is 75.1 Å². The molecule has 5 heteroatoms. The molecule has 0 aliphatic rings. The van der Waals surface area contributed by atoms with E-state index in [-0.39, 0.29) is 11.5 Å². The minimum absolute atomic E-state index is 0.0737. The summed E-state index contributed by atoms with van der Waals surface area (Å²) < 4.78 is 5.47. The number of unbranched alkanes of at least 4 members (excludes halogenated alkanes) is 1. The number of rotatable bonds is 9. The summed E-state index contributed by atoms with van der Waals surface area (Å²) in [6, 6.07) is 13.7. The molecule has 0 spiro atoms. The Hall–Kier alpha value is -2.82. The molecule has 138 valence electrons. The van der Waals surface area contributed by atoms with Crippen LogP contribution in [0.2, 0.25) is 0 Å².